The predicted molar refractivity (Wildman–Crippen MR) is 96.1 cm³/mol. The smallest absolute Gasteiger partial charge is 0.442 e. The van der Waals surface area contributed by atoms with Gasteiger partial charge in [-0.05, 0) is 5.56 Å². The van der Waals surface area contributed by atoms with Crippen LogP contribution in [0.5, 0.6) is 0 Å². The van der Waals surface area contributed by atoms with Crippen molar-refractivity contribution >= 4 is 17.8 Å². The van der Waals surface area contributed by atoms with Gasteiger partial charge in [0, 0.05) is 12.0 Å². The third kappa shape index (κ3) is 4.27. The van der Waals surface area contributed by atoms with Crippen LogP contribution in [0.3, 0.4) is 0 Å². The van der Waals surface area contributed by atoms with Gasteiger partial charge in [0.2, 0.25) is 0 Å². The van der Waals surface area contributed by atoms with E-state index in [-0.39, 0.29) is 23.1 Å². The Kier molecular flexibility index (Phi) is 5.82. The molecule has 1 unspecified atom stereocenters. The molecule has 164 valence electrons. The molecule has 31 heavy (non-hydrogen) atoms. The average Bonchev–Trinajstić information content (AvgIpc) is 3.43. The van der Waals surface area contributed by atoms with E-state index in [1.54, 1.807) is 0 Å². The molecule has 12 heteroatoms. The van der Waals surface area contributed by atoms with Crippen molar-refractivity contribution in [2.45, 2.75) is 24.3 Å². The average molecular weight is 439 g/mol. The molecule has 0 radical (unpaired) electrons. The van der Waals surface area contributed by atoms with Crippen molar-refractivity contribution in [2.75, 3.05) is 14.2 Å². The molecule has 0 fully saturated rings. The number of amides is 1. The Morgan fingerprint density at radius 3 is 2.19 bits per heavy atom. The van der Waals surface area contributed by atoms with Crippen LogP contribution in [0.2, 0.25) is 0 Å². The van der Waals surface area contributed by atoms with Crippen LogP contribution in [0.15, 0.2) is 51.4 Å². The van der Waals surface area contributed by atoms with Crippen molar-refractivity contribution in [3.8, 4) is 0 Å². The fourth-order valence-corrected chi connectivity index (χ4v) is 2.86. The molecule has 0 spiro atoms. The maximum absolute atomic E-state index is 13.1. The van der Waals surface area contributed by atoms with Gasteiger partial charge in [-0.15, -0.1) is 10.2 Å². The topological polar surface area (TPSA) is 120 Å². The van der Waals surface area contributed by atoms with E-state index in [0.717, 1.165) is 26.7 Å². The van der Waals surface area contributed by atoms with Gasteiger partial charge < -0.3 is 19.2 Å². The highest BCUT2D eigenvalue weighted by Crippen LogP contribution is 2.52. The van der Waals surface area contributed by atoms with Gasteiger partial charge in [-0.3, -0.25) is 4.79 Å². The van der Waals surface area contributed by atoms with Crippen LogP contribution in [-0.4, -0.2) is 44.3 Å². The van der Waals surface area contributed by atoms with E-state index in [1.807, 2.05) is 0 Å². The van der Waals surface area contributed by atoms with E-state index in [2.05, 4.69) is 25.0 Å². The van der Waals surface area contributed by atoms with Gasteiger partial charge in [-0.2, -0.15) is 13.2 Å². The predicted octanol–water partition coefficient (Wildman–Crippen LogP) is 2.76. The van der Waals surface area contributed by atoms with Gasteiger partial charge in [0.15, 0.2) is 0 Å². The number of methoxy groups -OCH3 is 2. The summed E-state index contributed by atoms with van der Waals surface area (Å²) < 4.78 is 53.4. The number of benzene rings is 1. The summed E-state index contributed by atoms with van der Waals surface area (Å²) >= 11 is 0. The summed E-state index contributed by atoms with van der Waals surface area (Å²) in [6, 6.07) is 3.95. The number of nitrogens with one attached hydrogen (secondary N) is 1. The molecule has 1 aliphatic rings. The van der Waals surface area contributed by atoms with Crippen LogP contribution in [0.4, 0.5) is 13.2 Å². The molecule has 9 nitrogen and oxygen atoms in total. The number of carbonyl (C=O) groups is 3. The first-order valence-electron chi connectivity index (χ1n) is 8.76. The Morgan fingerprint density at radius 2 is 1.68 bits per heavy atom. The molecule has 1 amide bonds. The van der Waals surface area contributed by atoms with Crippen LogP contribution in [-0.2, 0) is 26.4 Å². The Labute approximate surface area is 173 Å². The molecule has 0 aliphatic carbocycles. The number of esters is 2. The minimum Gasteiger partial charge on any atom is -0.471 e. The van der Waals surface area contributed by atoms with Crippen LogP contribution < -0.4 is 5.32 Å². The largest absolute Gasteiger partial charge is 0.471 e. The van der Waals surface area contributed by atoms with Gasteiger partial charge in [0.1, 0.15) is 24.1 Å². The number of hydrogen-bond donors (Lipinski definition) is 1. The van der Waals surface area contributed by atoms with Crippen molar-refractivity contribution in [1.29, 1.82) is 0 Å². The number of nitrogens with zero attached hydrogens (tertiary/aromatic N) is 2. The molecule has 1 aromatic carbocycles. The summed E-state index contributed by atoms with van der Waals surface area (Å²) in [4.78, 5) is 36.4. The molecular weight excluding hydrogens is 423 g/mol. The van der Waals surface area contributed by atoms with E-state index in [4.69, 9.17) is 4.42 Å². The van der Waals surface area contributed by atoms with Crippen molar-refractivity contribution in [1.82, 2.24) is 5.32 Å². The second-order valence-electron chi connectivity index (χ2n) is 6.51. The van der Waals surface area contributed by atoms with Crippen molar-refractivity contribution in [3.63, 3.8) is 0 Å². The first-order chi connectivity index (χ1) is 14.6. The Bertz CT molecular complexity index is 1020. The van der Waals surface area contributed by atoms with Gasteiger partial charge in [-0.25, -0.2) is 9.59 Å². The molecule has 3 rings (SSSR count). The van der Waals surface area contributed by atoms with Gasteiger partial charge in [0.25, 0.3) is 5.91 Å². The lowest BCUT2D eigenvalue weighted by Gasteiger charge is -2.18. The van der Waals surface area contributed by atoms with Crippen LogP contribution in [0, 0.1) is 0 Å². The lowest BCUT2D eigenvalue weighted by atomic mass is 9.98. The summed E-state index contributed by atoms with van der Waals surface area (Å²) in [6.45, 7) is 0. The molecule has 0 bridgehead atoms. The van der Waals surface area contributed by atoms with E-state index in [1.165, 1.54) is 24.3 Å². The van der Waals surface area contributed by atoms with E-state index in [9.17, 15) is 27.6 Å². The van der Waals surface area contributed by atoms with E-state index in [0.29, 0.717) is 5.56 Å². The Hall–Kier alpha value is -3.70. The molecule has 0 saturated heterocycles. The number of furan rings is 1. The van der Waals surface area contributed by atoms with Crippen LogP contribution >= 0.6 is 0 Å². The second kappa shape index (κ2) is 8.20. The number of halogens is 3. The molecule has 1 N–H and O–H groups in total. The first kappa shape index (κ1) is 22.0. The summed E-state index contributed by atoms with van der Waals surface area (Å²) in [5.41, 5.74) is -2.56. The maximum atomic E-state index is 13.1. The zero-order chi connectivity index (χ0) is 22.8. The van der Waals surface area contributed by atoms with Gasteiger partial charge in [-0.1, -0.05) is 24.3 Å². The van der Waals surface area contributed by atoms with E-state index < -0.39 is 35.7 Å². The standard InChI is InChI=1S/C19H16F3N3O6/c1-29-16(27)13-9-31-8-12(13)15(26)23-14(17(28)30-2)7-10-3-5-11(6-4-10)18(24-25-18)19(20,21)22/h3-6,8-9,14H,7H2,1-2H3,(H,23,26). The van der Waals surface area contributed by atoms with Gasteiger partial charge in [0.05, 0.1) is 19.8 Å². The second-order valence-corrected chi connectivity index (χ2v) is 6.51. The van der Waals surface area contributed by atoms with Crippen LogP contribution in [0.1, 0.15) is 31.8 Å². The monoisotopic (exact) mass is 439 g/mol. The molecular formula is C19H16F3N3O6. The minimum atomic E-state index is -4.65. The zero-order valence-electron chi connectivity index (χ0n) is 16.2. The number of hydrogen-bond acceptors (Lipinski definition) is 8. The number of rotatable bonds is 7. The quantitative estimate of drug-likeness (QED) is 0.663. The molecule has 1 aromatic heterocycles. The highest BCUT2D eigenvalue weighted by atomic mass is 19.4. The van der Waals surface area contributed by atoms with Gasteiger partial charge >= 0.3 is 23.8 Å². The normalized spacial score (nSPS) is 15.1. The summed E-state index contributed by atoms with van der Waals surface area (Å²) in [6.07, 6.45) is -2.70. The molecule has 1 aliphatic heterocycles. The third-order valence-electron chi connectivity index (χ3n) is 4.59. The molecule has 2 aromatic rings. The number of alkyl halides is 3. The SMILES string of the molecule is COC(=O)c1cocc1C(=O)NC(Cc1ccc(C2(C(F)(F)F)N=N2)cc1)C(=O)OC. The lowest BCUT2D eigenvalue weighted by molar-refractivity contribution is -0.166. The summed E-state index contributed by atoms with van der Waals surface area (Å²) in [7, 11) is 2.24. The summed E-state index contributed by atoms with van der Waals surface area (Å²) in [5, 5.41) is 8.68. The van der Waals surface area contributed by atoms with Crippen molar-refractivity contribution < 1.29 is 41.4 Å². The maximum Gasteiger partial charge on any atom is 0.442 e. The highest BCUT2D eigenvalue weighted by molar-refractivity contribution is 6.05. The minimum absolute atomic E-state index is 0.0859. The zero-order valence-corrected chi connectivity index (χ0v) is 16.2. The summed E-state index contributed by atoms with van der Waals surface area (Å²) in [5.74, 6) is -2.40. The highest BCUT2D eigenvalue weighted by Gasteiger charge is 2.65. The fraction of sp³-hybridized carbons (Fsp3) is 0.316. The third-order valence-corrected chi connectivity index (χ3v) is 4.59. The van der Waals surface area contributed by atoms with Crippen LogP contribution in [0.25, 0.3) is 0 Å². The van der Waals surface area contributed by atoms with Crippen molar-refractivity contribution in [3.05, 3.63) is 59.0 Å². The van der Waals surface area contributed by atoms with Crippen molar-refractivity contribution in [2.24, 2.45) is 10.2 Å². The molecule has 1 atom stereocenters. The Balaban J connectivity index is 1.76. The molecule has 2 heterocycles. The lowest BCUT2D eigenvalue weighted by Crippen LogP contribution is -2.43. The van der Waals surface area contributed by atoms with E-state index >= 15 is 0 Å². The Morgan fingerprint density at radius 1 is 1.06 bits per heavy atom. The number of ether oxygens (including phenoxy) is 2. The fourth-order valence-electron chi connectivity index (χ4n) is 2.86. The molecule has 0 saturated carbocycles. The number of carbonyl (C=O) groups excluding carboxylic acids is 3. The first-order valence-corrected chi connectivity index (χ1v) is 8.76.